The summed E-state index contributed by atoms with van der Waals surface area (Å²) in [5.74, 6) is 0.504. The first kappa shape index (κ1) is 15.9. The molecule has 2 heterocycles. The molecule has 3 rings (SSSR count). The first-order valence-electron chi connectivity index (χ1n) is 7.36. The fraction of sp³-hybridized carbons (Fsp3) is 0.312. The van der Waals surface area contributed by atoms with Gasteiger partial charge in [0.2, 0.25) is 0 Å². The third-order valence-electron chi connectivity index (χ3n) is 3.61. The number of hydrogen-bond acceptors (Lipinski definition) is 5. The highest BCUT2D eigenvalue weighted by Crippen LogP contribution is 2.22. The van der Waals surface area contributed by atoms with Crippen LogP contribution in [0.1, 0.15) is 16.1 Å². The van der Waals surface area contributed by atoms with E-state index in [0.29, 0.717) is 37.8 Å². The lowest BCUT2D eigenvalue weighted by Gasteiger charge is -2.26. The number of ether oxygens (including phenoxy) is 1. The van der Waals surface area contributed by atoms with Gasteiger partial charge in [-0.2, -0.15) is 0 Å². The van der Waals surface area contributed by atoms with Crippen molar-refractivity contribution in [2.75, 3.05) is 31.6 Å². The van der Waals surface area contributed by atoms with E-state index >= 15 is 0 Å². The van der Waals surface area contributed by atoms with E-state index < -0.39 is 0 Å². The first-order valence-corrected chi connectivity index (χ1v) is 8.15. The zero-order valence-electron chi connectivity index (χ0n) is 12.8. The zero-order chi connectivity index (χ0) is 16.2. The number of nitrogens with one attached hydrogen (secondary N) is 1. The van der Waals surface area contributed by atoms with Crippen LogP contribution in [0.5, 0.6) is 0 Å². The van der Waals surface area contributed by atoms with Crippen LogP contribution in [-0.4, -0.2) is 47.1 Å². The van der Waals surface area contributed by atoms with Gasteiger partial charge < -0.3 is 15.0 Å². The maximum atomic E-state index is 12.4. The summed E-state index contributed by atoms with van der Waals surface area (Å²) in [4.78, 5) is 22.5. The topological polar surface area (TPSA) is 67.4 Å². The number of anilines is 2. The van der Waals surface area contributed by atoms with Gasteiger partial charge in [0.05, 0.1) is 13.2 Å². The minimum absolute atomic E-state index is 0.0919. The van der Waals surface area contributed by atoms with E-state index in [1.165, 1.54) is 6.33 Å². The molecule has 1 amide bonds. The van der Waals surface area contributed by atoms with Crippen LogP contribution < -0.4 is 5.32 Å². The number of rotatable bonds is 3. The van der Waals surface area contributed by atoms with Crippen LogP contribution >= 0.6 is 15.9 Å². The summed E-state index contributed by atoms with van der Waals surface area (Å²) >= 11 is 3.48. The highest BCUT2D eigenvalue weighted by atomic mass is 79.9. The number of carbonyl (C=O) groups excluding carboxylic acids is 1. The van der Waals surface area contributed by atoms with Gasteiger partial charge in [-0.15, -0.1) is 0 Å². The molecule has 0 saturated carbocycles. The molecule has 0 bridgehead atoms. The van der Waals surface area contributed by atoms with E-state index in [2.05, 4.69) is 31.2 Å². The smallest absolute Gasteiger partial charge is 0.272 e. The molecule has 0 unspecified atom stereocenters. The Morgan fingerprint density at radius 2 is 2.04 bits per heavy atom. The van der Waals surface area contributed by atoms with Crippen LogP contribution in [0.2, 0.25) is 0 Å². The molecule has 120 valence electrons. The number of aryl methyl sites for hydroxylation is 1. The molecule has 1 aromatic carbocycles. The predicted octanol–water partition coefficient (Wildman–Crippen LogP) is 2.76. The second-order valence-corrected chi connectivity index (χ2v) is 6.14. The number of benzene rings is 1. The Kier molecular flexibility index (Phi) is 4.88. The molecule has 1 fully saturated rings. The molecular formula is C16H17BrN4O2. The summed E-state index contributed by atoms with van der Waals surface area (Å²) in [7, 11) is 0. The minimum atomic E-state index is -0.0919. The van der Waals surface area contributed by atoms with E-state index in [-0.39, 0.29) is 5.91 Å². The highest BCUT2D eigenvalue weighted by molar-refractivity contribution is 9.10. The van der Waals surface area contributed by atoms with Gasteiger partial charge in [-0.1, -0.05) is 15.9 Å². The van der Waals surface area contributed by atoms with Crippen LogP contribution in [0.4, 0.5) is 11.5 Å². The molecule has 1 aliphatic rings. The van der Waals surface area contributed by atoms with Crippen molar-refractivity contribution in [1.82, 2.24) is 14.9 Å². The van der Waals surface area contributed by atoms with Gasteiger partial charge in [0.1, 0.15) is 17.8 Å². The van der Waals surface area contributed by atoms with Gasteiger partial charge >= 0.3 is 0 Å². The maximum Gasteiger partial charge on any atom is 0.272 e. The first-order chi connectivity index (χ1) is 11.1. The Hall–Kier alpha value is -1.99. The van der Waals surface area contributed by atoms with Crippen LogP contribution in [0, 0.1) is 6.92 Å². The largest absolute Gasteiger partial charge is 0.378 e. The van der Waals surface area contributed by atoms with Crippen molar-refractivity contribution in [3.8, 4) is 0 Å². The highest BCUT2D eigenvalue weighted by Gasteiger charge is 2.20. The quantitative estimate of drug-likeness (QED) is 0.891. The van der Waals surface area contributed by atoms with Crippen molar-refractivity contribution in [1.29, 1.82) is 0 Å². The van der Waals surface area contributed by atoms with Crippen molar-refractivity contribution < 1.29 is 9.53 Å². The SMILES string of the molecule is Cc1cc(Nc2cc(C(=O)N3CCOCC3)ncn2)ccc1Br. The van der Waals surface area contributed by atoms with Crippen molar-refractivity contribution in [2.24, 2.45) is 0 Å². The van der Waals surface area contributed by atoms with Gasteiger partial charge in [0, 0.05) is 29.3 Å². The standard InChI is InChI=1S/C16H17BrN4O2/c1-11-8-12(2-3-13(11)17)20-15-9-14(18-10-19-15)16(22)21-4-6-23-7-5-21/h2-3,8-10H,4-7H2,1H3,(H,18,19,20). The third kappa shape index (κ3) is 3.86. The number of carbonyl (C=O) groups is 1. The lowest BCUT2D eigenvalue weighted by Crippen LogP contribution is -2.41. The molecule has 1 saturated heterocycles. The molecule has 0 atom stereocenters. The monoisotopic (exact) mass is 376 g/mol. The van der Waals surface area contributed by atoms with E-state index in [0.717, 1.165) is 15.7 Å². The molecule has 23 heavy (non-hydrogen) atoms. The average molecular weight is 377 g/mol. The summed E-state index contributed by atoms with van der Waals surface area (Å²) in [6.07, 6.45) is 1.40. The summed E-state index contributed by atoms with van der Waals surface area (Å²) in [6.45, 7) is 4.35. The Morgan fingerprint density at radius 3 is 2.78 bits per heavy atom. The fourth-order valence-corrected chi connectivity index (χ4v) is 2.59. The van der Waals surface area contributed by atoms with E-state index in [1.54, 1.807) is 11.0 Å². The number of nitrogens with zero attached hydrogens (tertiary/aromatic N) is 3. The Labute approximate surface area is 143 Å². The molecule has 1 N–H and O–H groups in total. The van der Waals surface area contributed by atoms with Crippen LogP contribution in [0.15, 0.2) is 35.1 Å². The summed E-state index contributed by atoms with van der Waals surface area (Å²) in [5, 5.41) is 3.20. The Morgan fingerprint density at radius 1 is 1.26 bits per heavy atom. The molecule has 7 heteroatoms. The molecule has 1 aromatic heterocycles. The van der Waals surface area contributed by atoms with Crippen LogP contribution in [-0.2, 0) is 4.74 Å². The third-order valence-corrected chi connectivity index (χ3v) is 4.50. The minimum Gasteiger partial charge on any atom is -0.378 e. The number of hydrogen-bond donors (Lipinski definition) is 1. The van der Waals surface area contributed by atoms with E-state index in [4.69, 9.17) is 4.74 Å². The predicted molar refractivity (Wildman–Crippen MR) is 90.9 cm³/mol. The van der Waals surface area contributed by atoms with Crippen molar-refractivity contribution in [3.63, 3.8) is 0 Å². The number of aromatic nitrogens is 2. The molecular weight excluding hydrogens is 360 g/mol. The maximum absolute atomic E-state index is 12.4. The lowest BCUT2D eigenvalue weighted by atomic mass is 10.2. The van der Waals surface area contributed by atoms with Gasteiger partial charge in [0.25, 0.3) is 5.91 Å². The molecule has 1 aliphatic heterocycles. The van der Waals surface area contributed by atoms with Crippen LogP contribution in [0.25, 0.3) is 0 Å². The molecule has 0 spiro atoms. The van der Waals surface area contributed by atoms with E-state index in [1.807, 2.05) is 25.1 Å². The summed E-state index contributed by atoms with van der Waals surface area (Å²) in [5.41, 5.74) is 2.42. The fourth-order valence-electron chi connectivity index (χ4n) is 2.34. The summed E-state index contributed by atoms with van der Waals surface area (Å²) in [6, 6.07) is 7.60. The number of amides is 1. The normalized spacial score (nSPS) is 14.6. The molecule has 0 radical (unpaired) electrons. The molecule has 0 aliphatic carbocycles. The van der Waals surface area contributed by atoms with Gasteiger partial charge in [-0.05, 0) is 30.7 Å². The van der Waals surface area contributed by atoms with Gasteiger partial charge in [-0.25, -0.2) is 9.97 Å². The van der Waals surface area contributed by atoms with E-state index in [9.17, 15) is 4.79 Å². The number of morpholine rings is 1. The Balaban J connectivity index is 1.76. The van der Waals surface area contributed by atoms with Gasteiger partial charge in [0.15, 0.2) is 0 Å². The molecule has 2 aromatic rings. The average Bonchev–Trinajstić information content (AvgIpc) is 2.58. The lowest BCUT2D eigenvalue weighted by molar-refractivity contribution is 0.0299. The van der Waals surface area contributed by atoms with Gasteiger partial charge in [-0.3, -0.25) is 4.79 Å². The second kappa shape index (κ2) is 7.06. The van der Waals surface area contributed by atoms with Crippen molar-refractivity contribution in [3.05, 3.63) is 46.3 Å². The second-order valence-electron chi connectivity index (χ2n) is 5.28. The van der Waals surface area contributed by atoms with Crippen molar-refractivity contribution >= 4 is 33.3 Å². The summed E-state index contributed by atoms with van der Waals surface area (Å²) < 4.78 is 6.32. The van der Waals surface area contributed by atoms with Crippen molar-refractivity contribution in [2.45, 2.75) is 6.92 Å². The number of halogens is 1. The van der Waals surface area contributed by atoms with Crippen LogP contribution in [0.3, 0.4) is 0 Å². The zero-order valence-corrected chi connectivity index (χ0v) is 14.3. The molecule has 6 nitrogen and oxygen atoms in total. The Bertz CT molecular complexity index is 717.